The number of nitrogens with one attached hydrogen (secondary N) is 1. The molecule has 2 heteroatoms. The average molecular weight is 169 g/mol. The van der Waals surface area contributed by atoms with Crippen LogP contribution in [0.25, 0.3) is 0 Å². The molecule has 0 fully saturated rings. The van der Waals surface area contributed by atoms with Crippen molar-refractivity contribution in [1.29, 1.82) is 0 Å². The standard InChI is InChI=1S/C10H19NO/c1-5-6-7-8-10(3,11-4)9(2)12/h5,11H,1,6-8H2,2-4H3/t10-/m0/s1. The fourth-order valence-electron chi connectivity index (χ4n) is 1.08. The summed E-state index contributed by atoms with van der Waals surface area (Å²) in [7, 11) is 1.83. The van der Waals surface area contributed by atoms with E-state index >= 15 is 0 Å². The summed E-state index contributed by atoms with van der Waals surface area (Å²) in [5.41, 5.74) is -0.344. The van der Waals surface area contributed by atoms with E-state index < -0.39 is 0 Å². The first-order valence-electron chi connectivity index (χ1n) is 4.37. The van der Waals surface area contributed by atoms with Gasteiger partial charge < -0.3 is 5.32 Å². The monoisotopic (exact) mass is 169 g/mol. The molecule has 0 spiro atoms. The summed E-state index contributed by atoms with van der Waals surface area (Å²) in [6, 6.07) is 0. The minimum Gasteiger partial charge on any atom is -0.308 e. The SMILES string of the molecule is C=CCCC[C@](C)(NC)C(C)=O. The van der Waals surface area contributed by atoms with Crippen LogP contribution in [0.1, 0.15) is 33.1 Å². The van der Waals surface area contributed by atoms with Gasteiger partial charge in [-0.15, -0.1) is 6.58 Å². The molecule has 1 atom stereocenters. The van der Waals surface area contributed by atoms with E-state index in [1.165, 1.54) is 0 Å². The van der Waals surface area contributed by atoms with Gasteiger partial charge in [0.05, 0.1) is 5.54 Å². The smallest absolute Gasteiger partial charge is 0.149 e. The van der Waals surface area contributed by atoms with Crippen molar-refractivity contribution in [2.24, 2.45) is 0 Å². The van der Waals surface area contributed by atoms with E-state index in [1.54, 1.807) is 6.92 Å². The van der Waals surface area contributed by atoms with E-state index in [2.05, 4.69) is 11.9 Å². The van der Waals surface area contributed by atoms with Crippen LogP contribution in [0.15, 0.2) is 12.7 Å². The molecular formula is C10H19NO. The summed E-state index contributed by atoms with van der Waals surface area (Å²) in [6.07, 6.45) is 4.76. The highest BCUT2D eigenvalue weighted by Crippen LogP contribution is 2.14. The Morgan fingerprint density at radius 2 is 2.25 bits per heavy atom. The zero-order valence-electron chi connectivity index (χ0n) is 8.31. The molecular weight excluding hydrogens is 150 g/mol. The lowest BCUT2D eigenvalue weighted by molar-refractivity contribution is -0.122. The number of ketones is 1. The number of likely N-dealkylation sites (N-methyl/N-ethyl adjacent to an activating group) is 1. The van der Waals surface area contributed by atoms with Gasteiger partial charge in [-0.05, 0) is 40.2 Å². The maximum atomic E-state index is 11.2. The highest BCUT2D eigenvalue weighted by molar-refractivity contribution is 5.85. The number of rotatable bonds is 6. The summed E-state index contributed by atoms with van der Waals surface area (Å²) >= 11 is 0. The predicted octanol–water partition coefficient (Wildman–Crippen LogP) is 1.91. The van der Waals surface area contributed by atoms with Crippen molar-refractivity contribution in [3.63, 3.8) is 0 Å². The molecule has 0 bridgehead atoms. The summed E-state index contributed by atoms with van der Waals surface area (Å²) in [5.74, 6) is 0.203. The molecule has 0 unspecified atom stereocenters. The van der Waals surface area contributed by atoms with Crippen LogP contribution in [-0.4, -0.2) is 18.4 Å². The van der Waals surface area contributed by atoms with E-state index in [1.807, 2.05) is 20.0 Å². The third-order valence-corrected chi connectivity index (χ3v) is 2.41. The van der Waals surface area contributed by atoms with Crippen LogP contribution in [0.5, 0.6) is 0 Å². The van der Waals surface area contributed by atoms with E-state index in [0.29, 0.717) is 0 Å². The summed E-state index contributed by atoms with van der Waals surface area (Å²) < 4.78 is 0. The molecule has 0 radical (unpaired) electrons. The van der Waals surface area contributed by atoms with Gasteiger partial charge >= 0.3 is 0 Å². The van der Waals surface area contributed by atoms with Crippen LogP contribution in [0.3, 0.4) is 0 Å². The Hall–Kier alpha value is -0.630. The first-order chi connectivity index (χ1) is 5.56. The number of unbranched alkanes of at least 4 members (excludes halogenated alkanes) is 1. The molecule has 0 aromatic heterocycles. The lowest BCUT2D eigenvalue weighted by Crippen LogP contribution is -2.46. The van der Waals surface area contributed by atoms with Gasteiger partial charge in [-0.2, -0.15) is 0 Å². The lowest BCUT2D eigenvalue weighted by Gasteiger charge is -2.25. The van der Waals surface area contributed by atoms with Crippen molar-refractivity contribution in [2.75, 3.05) is 7.05 Å². The second-order valence-corrected chi connectivity index (χ2v) is 3.32. The van der Waals surface area contributed by atoms with E-state index in [-0.39, 0.29) is 11.3 Å². The molecule has 0 aromatic rings. The Morgan fingerprint density at radius 1 is 1.67 bits per heavy atom. The van der Waals surface area contributed by atoms with Gasteiger partial charge in [-0.3, -0.25) is 4.79 Å². The van der Waals surface area contributed by atoms with E-state index in [4.69, 9.17) is 0 Å². The molecule has 0 aliphatic heterocycles. The molecule has 0 aliphatic rings. The van der Waals surface area contributed by atoms with Gasteiger partial charge in [-0.25, -0.2) is 0 Å². The molecule has 0 saturated carbocycles. The number of hydrogen-bond donors (Lipinski definition) is 1. The summed E-state index contributed by atoms with van der Waals surface area (Å²) in [6.45, 7) is 7.22. The molecule has 0 saturated heterocycles. The van der Waals surface area contributed by atoms with Gasteiger partial charge in [0.25, 0.3) is 0 Å². The molecule has 0 heterocycles. The number of allylic oxidation sites excluding steroid dienone is 1. The molecule has 1 N–H and O–H groups in total. The predicted molar refractivity (Wildman–Crippen MR) is 52.2 cm³/mol. The number of carbonyl (C=O) groups excluding carboxylic acids is 1. The Morgan fingerprint density at radius 3 is 2.58 bits per heavy atom. The van der Waals surface area contributed by atoms with Crippen molar-refractivity contribution in [2.45, 2.75) is 38.6 Å². The van der Waals surface area contributed by atoms with Crippen LogP contribution >= 0.6 is 0 Å². The average Bonchev–Trinajstić information content (AvgIpc) is 2.04. The van der Waals surface area contributed by atoms with Crippen molar-refractivity contribution in [1.82, 2.24) is 5.32 Å². The highest BCUT2D eigenvalue weighted by atomic mass is 16.1. The minimum absolute atomic E-state index is 0.203. The molecule has 12 heavy (non-hydrogen) atoms. The van der Waals surface area contributed by atoms with Crippen molar-refractivity contribution >= 4 is 5.78 Å². The summed E-state index contributed by atoms with van der Waals surface area (Å²) in [4.78, 5) is 11.2. The molecule has 0 amide bonds. The Kier molecular flexibility index (Phi) is 4.83. The molecule has 70 valence electrons. The molecule has 0 rings (SSSR count). The lowest BCUT2D eigenvalue weighted by atomic mass is 9.91. The van der Waals surface area contributed by atoms with Gasteiger partial charge in [0.15, 0.2) is 0 Å². The second-order valence-electron chi connectivity index (χ2n) is 3.32. The largest absolute Gasteiger partial charge is 0.308 e. The Labute approximate surface area is 75.0 Å². The molecule has 0 aliphatic carbocycles. The van der Waals surface area contributed by atoms with Gasteiger partial charge in [-0.1, -0.05) is 6.08 Å². The van der Waals surface area contributed by atoms with Crippen molar-refractivity contribution in [3.8, 4) is 0 Å². The van der Waals surface area contributed by atoms with E-state index in [0.717, 1.165) is 19.3 Å². The van der Waals surface area contributed by atoms with Gasteiger partial charge in [0.1, 0.15) is 5.78 Å². The maximum Gasteiger partial charge on any atom is 0.149 e. The molecule has 0 aromatic carbocycles. The quantitative estimate of drug-likeness (QED) is 0.486. The normalized spacial score (nSPS) is 15.2. The zero-order valence-corrected chi connectivity index (χ0v) is 8.31. The fraction of sp³-hybridized carbons (Fsp3) is 0.700. The van der Waals surface area contributed by atoms with Crippen LogP contribution in [0.4, 0.5) is 0 Å². The maximum absolute atomic E-state index is 11.2. The third kappa shape index (κ3) is 3.18. The van der Waals surface area contributed by atoms with E-state index in [9.17, 15) is 4.79 Å². The first-order valence-corrected chi connectivity index (χ1v) is 4.37. The topological polar surface area (TPSA) is 29.1 Å². The zero-order chi connectivity index (χ0) is 9.61. The van der Waals surface area contributed by atoms with Gasteiger partial charge in [0.2, 0.25) is 0 Å². The number of carbonyl (C=O) groups is 1. The van der Waals surface area contributed by atoms with Crippen molar-refractivity contribution in [3.05, 3.63) is 12.7 Å². The molecule has 2 nitrogen and oxygen atoms in total. The number of Topliss-reactive ketones (excluding diaryl/α,β-unsaturated/α-hetero) is 1. The highest BCUT2D eigenvalue weighted by Gasteiger charge is 2.26. The van der Waals surface area contributed by atoms with Gasteiger partial charge in [0, 0.05) is 0 Å². The Bertz CT molecular complexity index is 165. The minimum atomic E-state index is -0.344. The second kappa shape index (κ2) is 5.09. The van der Waals surface area contributed by atoms with Crippen LogP contribution < -0.4 is 5.32 Å². The third-order valence-electron chi connectivity index (χ3n) is 2.41. The Balaban J connectivity index is 3.96. The van der Waals surface area contributed by atoms with Crippen LogP contribution in [-0.2, 0) is 4.79 Å². The fourth-order valence-corrected chi connectivity index (χ4v) is 1.08. The van der Waals surface area contributed by atoms with Crippen LogP contribution in [0, 0.1) is 0 Å². The van der Waals surface area contributed by atoms with Crippen molar-refractivity contribution < 1.29 is 4.79 Å². The number of hydrogen-bond acceptors (Lipinski definition) is 2. The van der Waals surface area contributed by atoms with Crippen LogP contribution in [0.2, 0.25) is 0 Å². The summed E-state index contributed by atoms with van der Waals surface area (Å²) in [5, 5.41) is 3.05. The first kappa shape index (κ1) is 11.4.